The number of hydrogen-bond acceptors (Lipinski definition) is 4. The number of aromatic nitrogens is 2. The van der Waals surface area contributed by atoms with Crippen molar-refractivity contribution >= 4 is 5.91 Å². The number of carbonyl (C=O) groups excluding carboxylic acids is 1. The van der Waals surface area contributed by atoms with Gasteiger partial charge in [0.15, 0.2) is 0 Å². The van der Waals surface area contributed by atoms with Crippen LogP contribution in [0, 0.1) is 31.1 Å². The molecule has 0 aliphatic carbocycles. The number of nitrogens with one attached hydrogen (secondary N) is 1. The molecule has 0 aliphatic rings. The number of hydrogen-bond donors (Lipinski definition) is 1. The van der Waals surface area contributed by atoms with Gasteiger partial charge in [0.1, 0.15) is 18.2 Å². The van der Waals surface area contributed by atoms with E-state index in [0.29, 0.717) is 11.3 Å². The molecule has 2 aromatic rings. The number of nitriles is 1. The van der Waals surface area contributed by atoms with Crippen LogP contribution >= 0.6 is 0 Å². The molecule has 0 bridgehead atoms. The Balaban J connectivity index is 2.24. The van der Waals surface area contributed by atoms with Crippen molar-refractivity contribution in [3.8, 4) is 6.07 Å². The lowest BCUT2D eigenvalue weighted by Gasteiger charge is -2.23. The van der Waals surface area contributed by atoms with Crippen LogP contribution in [0.2, 0.25) is 0 Å². The minimum Gasteiger partial charge on any atom is -0.347 e. The van der Waals surface area contributed by atoms with Crippen molar-refractivity contribution in [1.29, 1.82) is 5.26 Å². The Morgan fingerprint density at radius 2 is 1.92 bits per heavy atom. The Morgan fingerprint density at radius 3 is 2.48 bits per heavy atom. The second-order valence-electron chi connectivity index (χ2n) is 6.36. The van der Waals surface area contributed by atoms with Crippen LogP contribution < -0.4 is 10.9 Å². The Kier molecular flexibility index (Phi) is 5.71. The molecular weight excluding hydrogens is 316 g/mol. The minimum absolute atomic E-state index is 0.0313. The normalized spacial score (nSPS) is 11.8. The molecule has 0 radical (unpaired) electrons. The first-order valence-corrected chi connectivity index (χ1v) is 8.17. The van der Waals surface area contributed by atoms with E-state index in [0.717, 1.165) is 10.2 Å². The molecule has 0 saturated heterocycles. The van der Waals surface area contributed by atoms with Gasteiger partial charge in [0, 0.05) is 0 Å². The first-order chi connectivity index (χ1) is 11.8. The summed E-state index contributed by atoms with van der Waals surface area (Å²) in [6.45, 7) is 7.21. The Labute approximate surface area is 147 Å². The SMILES string of the molecule is Cc1nn(CC(=O)N[C@H](c2ccccc2)C(C)C)c(=O)c(C#N)c1C. The summed E-state index contributed by atoms with van der Waals surface area (Å²) in [4.78, 5) is 24.8. The maximum absolute atomic E-state index is 12.5. The molecule has 1 atom stereocenters. The van der Waals surface area contributed by atoms with E-state index < -0.39 is 5.56 Å². The minimum atomic E-state index is -0.540. The van der Waals surface area contributed by atoms with Gasteiger partial charge in [-0.1, -0.05) is 44.2 Å². The van der Waals surface area contributed by atoms with Gasteiger partial charge in [-0.15, -0.1) is 0 Å². The molecule has 0 aliphatic heterocycles. The second kappa shape index (κ2) is 7.75. The average molecular weight is 338 g/mol. The summed E-state index contributed by atoms with van der Waals surface area (Å²) < 4.78 is 1.05. The van der Waals surface area contributed by atoms with Crippen LogP contribution in [0.1, 0.15) is 42.3 Å². The monoisotopic (exact) mass is 338 g/mol. The summed E-state index contributed by atoms with van der Waals surface area (Å²) >= 11 is 0. The molecule has 2 rings (SSSR count). The van der Waals surface area contributed by atoms with Gasteiger partial charge in [-0.2, -0.15) is 10.4 Å². The lowest BCUT2D eigenvalue weighted by Crippen LogP contribution is -2.38. The molecule has 0 saturated carbocycles. The summed E-state index contributed by atoms with van der Waals surface area (Å²) in [7, 11) is 0. The third-order valence-electron chi connectivity index (χ3n) is 4.18. The zero-order valence-corrected chi connectivity index (χ0v) is 14.9. The van der Waals surface area contributed by atoms with Crippen molar-refractivity contribution in [1.82, 2.24) is 15.1 Å². The van der Waals surface area contributed by atoms with E-state index in [4.69, 9.17) is 5.26 Å². The van der Waals surface area contributed by atoms with Crippen LogP contribution in [0.25, 0.3) is 0 Å². The highest BCUT2D eigenvalue weighted by molar-refractivity contribution is 5.76. The quantitative estimate of drug-likeness (QED) is 0.905. The van der Waals surface area contributed by atoms with E-state index in [1.807, 2.05) is 50.2 Å². The molecule has 1 aromatic heterocycles. The highest BCUT2D eigenvalue weighted by Crippen LogP contribution is 2.21. The Hall–Kier alpha value is -2.94. The van der Waals surface area contributed by atoms with Crippen LogP contribution in [-0.2, 0) is 11.3 Å². The number of rotatable bonds is 5. The van der Waals surface area contributed by atoms with Gasteiger partial charge in [0.25, 0.3) is 5.56 Å². The van der Waals surface area contributed by atoms with Crippen molar-refractivity contribution in [3.05, 3.63) is 63.1 Å². The number of carbonyl (C=O) groups is 1. The van der Waals surface area contributed by atoms with Gasteiger partial charge in [0.05, 0.1) is 11.7 Å². The highest BCUT2D eigenvalue weighted by atomic mass is 16.2. The molecule has 1 heterocycles. The molecule has 25 heavy (non-hydrogen) atoms. The second-order valence-corrected chi connectivity index (χ2v) is 6.36. The smallest absolute Gasteiger partial charge is 0.285 e. The number of benzene rings is 1. The van der Waals surface area contributed by atoms with E-state index in [2.05, 4.69) is 10.4 Å². The zero-order chi connectivity index (χ0) is 18.6. The van der Waals surface area contributed by atoms with E-state index in [1.165, 1.54) is 0 Å². The van der Waals surface area contributed by atoms with Gasteiger partial charge in [-0.3, -0.25) is 9.59 Å². The van der Waals surface area contributed by atoms with Crippen LogP contribution in [0.3, 0.4) is 0 Å². The predicted molar refractivity (Wildman–Crippen MR) is 94.8 cm³/mol. The number of aryl methyl sites for hydroxylation is 1. The zero-order valence-electron chi connectivity index (χ0n) is 14.9. The Bertz CT molecular complexity index is 863. The highest BCUT2D eigenvalue weighted by Gasteiger charge is 2.20. The molecule has 1 aromatic carbocycles. The van der Waals surface area contributed by atoms with Crippen molar-refractivity contribution < 1.29 is 4.79 Å². The fourth-order valence-corrected chi connectivity index (χ4v) is 2.66. The third-order valence-corrected chi connectivity index (χ3v) is 4.18. The fraction of sp³-hybridized carbons (Fsp3) is 0.368. The lowest BCUT2D eigenvalue weighted by atomic mass is 9.96. The number of amides is 1. The van der Waals surface area contributed by atoms with Crippen molar-refractivity contribution in [2.75, 3.05) is 0 Å². The van der Waals surface area contributed by atoms with Crippen molar-refractivity contribution in [3.63, 3.8) is 0 Å². The van der Waals surface area contributed by atoms with Gasteiger partial charge in [0.2, 0.25) is 5.91 Å². The first-order valence-electron chi connectivity index (χ1n) is 8.17. The van der Waals surface area contributed by atoms with Gasteiger partial charge in [-0.05, 0) is 30.9 Å². The first kappa shape index (κ1) is 18.4. The topological polar surface area (TPSA) is 87.8 Å². The Morgan fingerprint density at radius 1 is 1.28 bits per heavy atom. The maximum Gasteiger partial charge on any atom is 0.285 e. The molecule has 0 unspecified atom stereocenters. The fourth-order valence-electron chi connectivity index (χ4n) is 2.66. The standard InChI is InChI=1S/C19H22N4O2/c1-12(2)18(15-8-6-5-7-9-15)21-17(24)11-23-19(25)16(10-20)13(3)14(4)22-23/h5-9,12,18H,11H2,1-4H3,(H,21,24)/t18-/m0/s1. The molecule has 6 heteroatoms. The number of nitrogens with zero attached hydrogens (tertiary/aromatic N) is 3. The molecule has 1 amide bonds. The molecule has 0 spiro atoms. The molecule has 130 valence electrons. The predicted octanol–water partition coefficient (Wildman–Crippen LogP) is 2.25. The lowest BCUT2D eigenvalue weighted by molar-refractivity contribution is -0.123. The summed E-state index contributed by atoms with van der Waals surface area (Å²) in [5.74, 6) is -0.130. The van der Waals surface area contributed by atoms with Crippen LogP contribution in [0.5, 0.6) is 0 Å². The summed E-state index contributed by atoms with van der Waals surface area (Å²) in [5.41, 5.74) is 1.61. The van der Waals surface area contributed by atoms with E-state index in [-0.39, 0.29) is 30.0 Å². The van der Waals surface area contributed by atoms with E-state index >= 15 is 0 Å². The van der Waals surface area contributed by atoms with Crippen LogP contribution in [0.15, 0.2) is 35.1 Å². The molecule has 0 fully saturated rings. The summed E-state index contributed by atoms with van der Waals surface area (Å²) in [6, 6.07) is 11.4. The largest absolute Gasteiger partial charge is 0.347 e. The van der Waals surface area contributed by atoms with Crippen molar-refractivity contribution in [2.45, 2.75) is 40.3 Å². The molecule has 6 nitrogen and oxygen atoms in total. The van der Waals surface area contributed by atoms with Gasteiger partial charge >= 0.3 is 0 Å². The van der Waals surface area contributed by atoms with Gasteiger partial charge < -0.3 is 5.32 Å². The maximum atomic E-state index is 12.5. The summed E-state index contributed by atoms with van der Waals surface area (Å²) in [5, 5.41) is 16.3. The summed E-state index contributed by atoms with van der Waals surface area (Å²) in [6.07, 6.45) is 0. The van der Waals surface area contributed by atoms with Crippen molar-refractivity contribution in [2.24, 2.45) is 5.92 Å². The molecule has 1 N–H and O–H groups in total. The van der Waals surface area contributed by atoms with Crippen LogP contribution in [-0.4, -0.2) is 15.7 Å². The average Bonchev–Trinajstić information content (AvgIpc) is 2.58. The van der Waals surface area contributed by atoms with Crippen LogP contribution in [0.4, 0.5) is 0 Å². The molecular formula is C19H22N4O2. The van der Waals surface area contributed by atoms with E-state index in [1.54, 1.807) is 13.8 Å². The van der Waals surface area contributed by atoms with Gasteiger partial charge in [-0.25, -0.2) is 4.68 Å². The van der Waals surface area contributed by atoms with E-state index in [9.17, 15) is 9.59 Å². The third kappa shape index (κ3) is 4.13.